The van der Waals surface area contributed by atoms with Gasteiger partial charge in [-0.3, -0.25) is 19.2 Å². The van der Waals surface area contributed by atoms with Crippen LogP contribution in [0, 0.1) is 29.6 Å². The lowest BCUT2D eigenvalue weighted by molar-refractivity contribution is -0.190. The number of phenols is 1. The van der Waals surface area contributed by atoms with Crippen LogP contribution >= 0.6 is 0 Å². The van der Waals surface area contributed by atoms with Crippen molar-refractivity contribution in [1.82, 2.24) is 10.2 Å². The molecule has 230 valence electrons. The molecule has 2 saturated carbocycles. The number of Topliss-reactive ketones (excluding diaryl/α,β-unsaturated/α-hetero) is 3. The number of ketones is 3. The maximum atomic E-state index is 14.1. The van der Waals surface area contributed by atoms with Gasteiger partial charge in [-0.2, -0.15) is 0 Å². The number of carbonyl (C=O) groups excluding carboxylic acids is 5. The Bertz CT molecular complexity index is 1330. The monoisotopic (exact) mass is 588 g/mol. The molecule has 42 heavy (non-hydrogen) atoms. The summed E-state index contributed by atoms with van der Waals surface area (Å²) in [5.41, 5.74) is 3.86. The van der Waals surface area contributed by atoms with E-state index in [4.69, 9.17) is 10.5 Å². The topological polar surface area (TPSA) is 200 Å². The Hall–Kier alpha value is -3.55. The molecule has 13 nitrogen and oxygen atoms in total. The van der Waals surface area contributed by atoms with Gasteiger partial charge in [0.2, 0.25) is 5.91 Å². The van der Waals surface area contributed by atoms with Crippen LogP contribution in [-0.4, -0.2) is 102 Å². The van der Waals surface area contributed by atoms with Crippen molar-refractivity contribution in [2.45, 2.75) is 51.0 Å². The van der Waals surface area contributed by atoms with Crippen molar-refractivity contribution in [2.24, 2.45) is 35.3 Å². The lowest BCUT2D eigenvalue weighted by Crippen LogP contribution is -2.75. The summed E-state index contributed by atoms with van der Waals surface area (Å²) in [4.78, 5) is 69.2. The number of aromatic hydroxyl groups is 1. The van der Waals surface area contributed by atoms with E-state index >= 15 is 0 Å². The summed E-state index contributed by atoms with van der Waals surface area (Å²) in [7, 11) is 6.70. The van der Waals surface area contributed by atoms with Gasteiger partial charge in [-0.1, -0.05) is 13.8 Å². The fraction of sp³-hybridized carbons (Fsp3) is 0.621. The van der Waals surface area contributed by atoms with E-state index in [1.165, 1.54) is 4.90 Å². The highest BCUT2D eigenvalue weighted by atomic mass is 16.5. The van der Waals surface area contributed by atoms with Crippen LogP contribution in [0.1, 0.15) is 41.8 Å². The van der Waals surface area contributed by atoms with Crippen LogP contribution in [0.3, 0.4) is 0 Å². The molecule has 13 heteroatoms. The van der Waals surface area contributed by atoms with Gasteiger partial charge in [0.1, 0.15) is 11.7 Å². The zero-order chi connectivity index (χ0) is 31.4. The summed E-state index contributed by atoms with van der Waals surface area (Å²) in [5, 5.41) is 36.6. The minimum absolute atomic E-state index is 0.0217. The number of likely N-dealkylation sites (N-methyl/N-ethyl adjacent to an activating group) is 1. The first-order chi connectivity index (χ1) is 19.5. The predicted octanol–water partition coefficient (Wildman–Crippen LogP) is -0.393. The molecule has 6 N–H and O–H groups in total. The number of hydrogen-bond donors (Lipinski definition) is 5. The fourth-order valence-electron chi connectivity index (χ4n) is 6.92. The number of benzene rings is 1. The van der Waals surface area contributed by atoms with E-state index in [1.807, 2.05) is 13.8 Å². The number of amides is 2. The standard InChI is InChI=1S/C29H40N4O9/c1-12(2)11-42-28(40)31-10-14-9-17(32(3)4)15-7-13-8-16-21(33(5)6)24(36)20(27(30)39)26(38)29(16,41)25(37)18(13)23(35)19(15)22(14)34/h9,12-13,16,18,20-21,24,34,36,41H,7-8,10-11H2,1-6H3,(H2,30,39)(H,31,40)/t13-,16-,18?,20?,21-,24?,29-/m1/s1. The molecule has 3 aliphatic carbocycles. The van der Waals surface area contributed by atoms with Gasteiger partial charge in [-0.05, 0) is 50.4 Å². The molecular weight excluding hydrogens is 548 g/mol. The van der Waals surface area contributed by atoms with Gasteiger partial charge in [-0.15, -0.1) is 0 Å². The van der Waals surface area contributed by atoms with Gasteiger partial charge >= 0.3 is 6.09 Å². The molecular formula is C29H40N4O9. The molecule has 0 aliphatic heterocycles. The molecule has 1 aromatic carbocycles. The number of fused-ring (bicyclic) bond motifs is 3. The molecule has 2 amide bonds. The first-order valence-corrected chi connectivity index (χ1v) is 14.0. The molecule has 3 aliphatic rings. The molecule has 0 aromatic heterocycles. The van der Waals surface area contributed by atoms with Crippen molar-refractivity contribution in [1.29, 1.82) is 0 Å². The van der Waals surface area contributed by atoms with Gasteiger partial charge < -0.3 is 40.9 Å². The number of ether oxygens (including phenoxy) is 1. The highest BCUT2D eigenvalue weighted by Crippen LogP contribution is 2.52. The summed E-state index contributed by atoms with van der Waals surface area (Å²) < 4.78 is 5.12. The molecule has 3 unspecified atom stereocenters. The molecule has 0 saturated heterocycles. The maximum absolute atomic E-state index is 14.1. The number of nitrogens with two attached hydrogens (primary N) is 1. The Morgan fingerprint density at radius 1 is 1.17 bits per heavy atom. The first kappa shape index (κ1) is 31.4. The highest BCUT2D eigenvalue weighted by Gasteiger charge is 2.69. The van der Waals surface area contributed by atoms with E-state index in [1.54, 1.807) is 39.2 Å². The van der Waals surface area contributed by atoms with Crippen LogP contribution < -0.4 is 16.0 Å². The largest absolute Gasteiger partial charge is 0.507 e. The van der Waals surface area contributed by atoms with Crippen LogP contribution in [-0.2, 0) is 32.1 Å². The number of nitrogens with one attached hydrogen (secondary N) is 1. The molecule has 1 aromatic rings. The van der Waals surface area contributed by atoms with E-state index in [0.29, 0.717) is 11.3 Å². The van der Waals surface area contributed by atoms with Gasteiger partial charge in [0, 0.05) is 43.9 Å². The normalized spacial score (nSPS) is 30.5. The number of aliphatic hydroxyl groups excluding tert-OH is 1. The van der Waals surface area contributed by atoms with Crippen molar-refractivity contribution in [3.8, 4) is 5.75 Å². The van der Waals surface area contributed by atoms with Gasteiger partial charge in [0.05, 0.1) is 24.2 Å². The third-order valence-electron chi connectivity index (χ3n) is 8.80. The summed E-state index contributed by atoms with van der Waals surface area (Å²) in [6.45, 7) is 3.79. The summed E-state index contributed by atoms with van der Waals surface area (Å²) in [6.07, 6.45) is -2.08. The minimum atomic E-state index is -2.73. The molecule has 0 spiro atoms. The molecule has 0 heterocycles. The van der Waals surface area contributed by atoms with Crippen LogP contribution in [0.15, 0.2) is 6.07 Å². The zero-order valence-corrected chi connectivity index (χ0v) is 24.7. The number of nitrogens with zero attached hydrogens (tertiary/aromatic N) is 2. The third-order valence-corrected chi connectivity index (χ3v) is 8.80. The van der Waals surface area contributed by atoms with Crippen LogP contribution in [0.2, 0.25) is 0 Å². The number of hydrogen-bond acceptors (Lipinski definition) is 11. The number of aliphatic hydroxyl groups is 2. The quantitative estimate of drug-likeness (QED) is 0.260. The minimum Gasteiger partial charge on any atom is -0.507 e. The van der Waals surface area contributed by atoms with Crippen molar-refractivity contribution < 1.29 is 44.0 Å². The van der Waals surface area contributed by atoms with E-state index in [2.05, 4.69) is 5.32 Å². The van der Waals surface area contributed by atoms with Crippen LogP contribution in [0.5, 0.6) is 5.75 Å². The van der Waals surface area contributed by atoms with E-state index < -0.39 is 76.5 Å². The number of anilines is 1. The first-order valence-electron chi connectivity index (χ1n) is 14.0. The Labute approximate surface area is 244 Å². The average molecular weight is 589 g/mol. The van der Waals surface area contributed by atoms with Crippen molar-refractivity contribution in [2.75, 3.05) is 39.7 Å². The fourth-order valence-corrected chi connectivity index (χ4v) is 6.92. The second-order valence-corrected chi connectivity index (χ2v) is 12.5. The molecule has 0 bridgehead atoms. The second kappa shape index (κ2) is 11.3. The lowest BCUT2D eigenvalue weighted by atomic mass is 9.52. The van der Waals surface area contributed by atoms with Crippen molar-refractivity contribution in [3.63, 3.8) is 0 Å². The highest BCUT2D eigenvalue weighted by molar-refractivity contribution is 6.25. The van der Waals surface area contributed by atoms with Crippen LogP contribution in [0.4, 0.5) is 10.5 Å². The maximum Gasteiger partial charge on any atom is 0.407 e. The number of primary amides is 1. The van der Waals surface area contributed by atoms with Gasteiger partial charge in [0.15, 0.2) is 23.0 Å². The number of alkyl carbamates (subject to hydrolysis) is 1. The van der Waals surface area contributed by atoms with Crippen molar-refractivity contribution >= 4 is 35.0 Å². The predicted molar refractivity (Wildman–Crippen MR) is 150 cm³/mol. The third kappa shape index (κ3) is 4.92. The summed E-state index contributed by atoms with van der Waals surface area (Å²) >= 11 is 0. The van der Waals surface area contributed by atoms with E-state index in [9.17, 15) is 39.3 Å². The van der Waals surface area contributed by atoms with Gasteiger partial charge in [0.25, 0.3) is 0 Å². The SMILES string of the molecule is CC(C)COC(=O)NCc1cc(N(C)C)c2c(c1O)C(=O)C1C(=O)[C@@]3(O)C(=O)C(C(N)=O)C(O)[C@H](N(C)C)[C@H]3C[C@H]1C2. The Balaban J connectivity index is 1.77. The smallest absolute Gasteiger partial charge is 0.407 e. The van der Waals surface area contributed by atoms with Crippen LogP contribution in [0.25, 0.3) is 0 Å². The van der Waals surface area contributed by atoms with E-state index in [0.717, 1.165) is 0 Å². The number of rotatable bonds is 7. The summed E-state index contributed by atoms with van der Waals surface area (Å²) in [5.74, 6) is -9.61. The Kier molecular flexibility index (Phi) is 8.42. The average Bonchev–Trinajstić information content (AvgIpc) is 2.88. The van der Waals surface area contributed by atoms with Crippen molar-refractivity contribution in [3.05, 3.63) is 22.8 Å². The van der Waals surface area contributed by atoms with E-state index in [-0.39, 0.29) is 43.0 Å². The summed E-state index contributed by atoms with van der Waals surface area (Å²) in [6, 6.07) is 0.677. The molecule has 7 atom stereocenters. The molecule has 0 radical (unpaired) electrons. The molecule has 2 fully saturated rings. The second-order valence-electron chi connectivity index (χ2n) is 12.5. The zero-order valence-electron chi connectivity index (χ0n) is 24.7. The Morgan fingerprint density at radius 2 is 1.81 bits per heavy atom. The number of phenolic OH excluding ortho intramolecular Hbond substituents is 1. The Morgan fingerprint density at radius 3 is 2.36 bits per heavy atom. The van der Waals surface area contributed by atoms with Gasteiger partial charge in [-0.25, -0.2) is 4.79 Å². The number of carbonyl (C=O) groups is 5. The molecule has 4 rings (SSSR count). The lowest BCUT2D eigenvalue weighted by Gasteiger charge is -2.55.